The van der Waals surface area contributed by atoms with Crippen molar-refractivity contribution in [2.24, 2.45) is 4.99 Å². The fraction of sp³-hybridized carbons (Fsp3) is 0.179. The van der Waals surface area contributed by atoms with Gasteiger partial charge in [0.15, 0.2) is 16.7 Å². The first kappa shape index (κ1) is 28.2. The zero-order valence-electron chi connectivity index (χ0n) is 20.6. The van der Waals surface area contributed by atoms with Crippen molar-refractivity contribution in [3.8, 4) is 11.5 Å². The molecule has 3 aromatic rings. The molecule has 10 heteroatoms. The van der Waals surface area contributed by atoms with Crippen LogP contribution >= 0.6 is 50.3 Å². The molecule has 1 heterocycles. The van der Waals surface area contributed by atoms with E-state index in [9.17, 15) is 9.59 Å². The highest BCUT2D eigenvalue weighted by Crippen LogP contribution is 2.38. The predicted octanol–water partition coefficient (Wildman–Crippen LogP) is 7.35. The van der Waals surface area contributed by atoms with Crippen molar-refractivity contribution < 1.29 is 24.2 Å². The van der Waals surface area contributed by atoms with Crippen LogP contribution in [-0.2, 0) is 11.4 Å². The number of carboxylic acid groups (broad SMARTS) is 1. The van der Waals surface area contributed by atoms with Gasteiger partial charge in [-0.15, -0.1) is 0 Å². The lowest BCUT2D eigenvalue weighted by molar-refractivity contribution is -0.122. The lowest BCUT2D eigenvalue weighted by Crippen LogP contribution is -2.28. The van der Waals surface area contributed by atoms with Crippen LogP contribution in [0.15, 0.2) is 75.0 Å². The zero-order valence-corrected chi connectivity index (χ0v) is 25.2. The Bertz CT molecular complexity index is 1410. The van der Waals surface area contributed by atoms with E-state index in [-0.39, 0.29) is 11.5 Å². The summed E-state index contributed by atoms with van der Waals surface area (Å²) in [5.74, 6) is 0.131. The van der Waals surface area contributed by atoms with Crippen molar-refractivity contribution in [1.82, 2.24) is 4.90 Å². The number of aromatic carboxylic acids is 1. The number of amidine groups is 1. The van der Waals surface area contributed by atoms with Crippen LogP contribution in [0, 0.1) is 3.57 Å². The topological polar surface area (TPSA) is 88.4 Å². The fourth-order valence-electron chi connectivity index (χ4n) is 3.62. The molecule has 196 valence electrons. The number of thioether (sulfide) groups is 1. The van der Waals surface area contributed by atoms with Gasteiger partial charge in [0, 0.05) is 11.0 Å². The number of carboxylic acids is 1. The van der Waals surface area contributed by atoms with Crippen molar-refractivity contribution >= 4 is 79.1 Å². The van der Waals surface area contributed by atoms with E-state index in [1.165, 1.54) is 23.9 Å². The normalized spacial score (nSPS) is 15.4. The zero-order chi connectivity index (χ0) is 27.2. The maximum absolute atomic E-state index is 13.1. The minimum absolute atomic E-state index is 0.137. The average Bonchev–Trinajstić information content (AvgIpc) is 3.18. The van der Waals surface area contributed by atoms with Crippen LogP contribution in [-0.4, -0.2) is 40.2 Å². The molecule has 38 heavy (non-hydrogen) atoms. The van der Waals surface area contributed by atoms with Crippen LogP contribution in [0.4, 0.5) is 5.69 Å². The Hall–Kier alpha value is -2.83. The molecule has 1 aliphatic rings. The number of rotatable bonds is 9. The third-order valence-electron chi connectivity index (χ3n) is 5.47. The molecule has 0 unspecified atom stereocenters. The van der Waals surface area contributed by atoms with Gasteiger partial charge in [0.1, 0.15) is 6.61 Å². The molecule has 1 saturated heterocycles. The molecule has 0 atom stereocenters. The first-order valence-corrected chi connectivity index (χ1v) is 14.4. The minimum atomic E-state index is -0.999. The molecule has 1 N–H and O–H groups in total. The summed E-state index contributed by atoms with van der Waals surface area (Å²) in [5, 5.41) is 9.65. The average molecular weight is 707 g/mol. The number of benzene rings is 3. The third-order valence-corrected chi connectivity index (χ3v) is 7.81. The van der Waals surface area contributed by atoms with Gasteiger partial charge in [-0.2, -0.15) is 0 Å². The van der Waals surface area contributed by atoms with Crippen LogP contribution in [0.2, 0.25) is 0 Å². The van der Waals surface area contributed by atoms with Crippen molar-refractivity contribution in [3.63, 3.8) is 0 Å². The van der Waals surface area contributed by atoms with E-state index in [2.05, 4.69) is 43.5 Å². The summed E-state index contributed by atoms with van der Waals surface area (Å²) in [6.07, 6.45) is 1.83. The Kier molecular flexibility index (Phi) is 9.50. The van der Waals surface area contributed by atoms with E-state index in [1.807, 2.05) is 56.3 Å². The molecule has 1 amide bonds. The molecule has 0 spiro atoms. The highest BCUT2D eigenvalue weighted by molar-refractivity contribution is 14.1. The molecular weight excluding hydrogens is 683 g/mol. The Labute approximate surface area is 247 Å². The monoisotopic (exact) mass is 706 g/mol. The second kappa shape index (κ2) is 12.8. The number of hydrogen-bond acceptors (Lipinski definition) is 6. The lowest BCUT2D eigenvalue weighted by atomic mass is 10.1. The predicted molar refractivity (Wildman–Crippen MR) is 162 cm³/mol. The van der Waals surface area contributed by atoms with E-state index in [0.29, 0.717) is 47.0 Å². The maximum Gasteiger partial charge on any atom is 0.335 e. The van der Waals surface area contributed by atoms with Crippen molar-refractivity contribution in [2.75, 3.05) is 13.2 Å². The maximum atomic E-state index is 13.1. The number of likely N-dealkylation sites (N-methyl/N-ethyl adjacent to an activating group) is 1. The number of carbonyl (C=O) groups excluding carboxylic acids is 1. The van der Waals surface area contributed by atoms with E-state index >= 15 is 0 Å². The number of ether oxygens (including phenoxy) is 2. The largest absolute Gasteiger partial charge is 0.490 e. The van der Waals surface area contributed by atoms with Crippen molar-refractivity contribution in [1.29, 1.82) is 0 Å². The Morgan fingerprint density at radius 1 is 1.11 bits per heavy atom. The van der Waals surface area contributed by atoms with E-state index < -0.39 is 5.97 Å². The van der Waals surface area contributed by atoms with Crippen molar-refractivity contribution in [2.45, 2.75) is 20.5 Å². The van der Waals surface area contributed by atoms with Gasteiger partial charge in [0.25, 0.3) is 5.91 Å². The van der Waals surface area contributed by atoms with Gasteiger partial charge >= 0.3 is 5.97 Å². The molecule has 0 aromatic heterocycles. The molecule has 1 aliphatic heterocycles. The fourth-order valence-corrected chi connectivity index (χ4v) is 5.73. The summed E-state index contributed by atoms with van der Waals surface area (Å²) in [4.78, 5) is 31.0. The van der Waals surface area contributed by atoms with Crippen molar-refractivity contribution in [3.05, 3.63) is 90.3 Å². The summed E-state index contributed by atoms with van der Waals surface area (Å²) in [6, 6.07) is 18.0. The quantitative estimate of drug-likeness (QED) is 0.185. The highest BCUT2D eigenvalue weighted by atomic mass is 127. The molecule has 0 bridgehead atoms. The van der Waals surface area contributed by atoms with Gasteiger partial charge in [-0.05, 0) is 114 Å². The van der Waals surface area contributed by atoms with Crippen LogP contribution in [0.3, 0.4) is 0 Å². The van der Waals surface area contributed by atoms with Gasteiger partial charge in [0.05, 0.1) is 26.3 Å². The summed E-state index contributed by atoms with van der Waals surface area (Å²) in [5.41, 5.74) is 2.61. The van der Waals surface area contributed by atoms with Gasteiger partial charge in [0.2, 0.25) is 0 Å². The number of hydrogen-bond donors (Lipinski definition) is 1. The molecule has 4 rings (SSSR count). The van der Waals surface area contributed by atoms with Gasteiger partial charge in [-0.25, -0.2) is 9.79 Å². The van der Waals surface area contributed by atoms with Gasteiger partial charge in [-0.1, -0.05) is 28.1 Å². The first-order chi connectivity index (χ1) is 18.3. The lowest BCUT2D eigenvalue weighted by Gasteiger charge is -2.15. The Morgan fingerprint density at radius 2 is 1.82 bits per heavy atom. The molecule has 0 radical (unpaired) electrons. The number of amides is 1. The summed E-state index contributed by atoms with van der Waals surface area (Å²) >= 11 is 6.95. The smallest absolute Gasteiger partial charge is 0.335 e. The summed E-state index contributed by atoms with van der Waals surface area (Å²) in [7, 11) is 0. The SMILES string of the molecule is CCOc1cc(C=C2SC(=Nc3ccc(C(=O)O)cc3)N(CC)C2=O)cc(I)c1OCc1ccc(Br)cc1. The van der Waals surface area contributed by atoms with Crippen LogP contribution < -0.4 is 9.47 Å². The molecule has 0 aliphatic carbocycles. The third kappa shape index (κ3) is 6.78. The second-order valence-electron chi connectivity index (χ2n) is 8.08. The van der Waals surface area contributed by atoms with E-state index in [1.54, 1.807) is 17.0 Å². The van der Waals surface area contributed by atoms with Crippen LogP contribution in [0.1, 0.15) is 35.3 Å². The molecule has 3 aromatic carbocycles. The molecule has 0 saturated carbocycles. The van der Waals surface area contributed by atoms with Crippen LogP contribution in [0.5, 0.6) is 11.5 Å². The summed E-state index contributed by atoms with van der Waals surface area (Å²) in [6.45, 7) is 5.13. The number of carbonyl (C=O) groups is 2. The number of nitrogens with zero attached hydrogens (tertiary/aromatic N) is 2. The standard InChI is InChI=1S/C28H24BrIN2O5S/c1-3-32-26(33)24(38-28(32)31-21-11-7-19(8-12-21)27(34)35)15-18-13-22(30)25(23(14-18)36-4-2)37-16-17-5-9-20(29)10-6-17/h5-15H,3-4,16H2,1-2H3,(H,34,35). The summed E-state index contributed by atoms with van der Waals surface area (Å²) < 4.78 is 13.9. The molecule has 1 fully saturated rings. The Balaban J connectivity index is 1.59. The molecule has 7 nitrogen and oxygen atoms in total. The van der Waals surface area contributed by atoms with Gasteiger partial charge in [-0.3, -0.25) is 9.69 Å². The second-order valence-corrected chi connectivity index (χ2v) is 11.2. The van der Waals surface area contributed by atoms with E-state index in [0.717, 1.165) is 19.2 Å². The van der Waals surface area contributed by atoms with E-state index in [4.69, 9.17) is 14.6 Å². The van der Waals surface area contributed by atoms with Crippen LogP contribution in [0.25, 0.3) is 6.08 Å². The molecular formula is C28H24BrIN2O5S. The Morgan fingerprint density at radius 3 is 2.45 bits per heavy atom. The van der Waals surface area contributed by atoms with Gasteiger partial charge < -0.3 is 14.6 Å². The minimum Gasteiger partial charge on any atom is -0.490 e. The first-order valence-electron chi connectivity index (χ1n) is 11.8. The highest BCUT2D eigenvalue weighted by Gasteiger charge is 2.32. The number of aliphatic imine (C=N–C) groups is 1. The number of halogens is 2.